The van der Waals surface area contributed by atoms with Gasteiger partial charge < -0.3 is 30.4 Å². The maximum absolute atomic E-state index is 14.5. The van der Waals surface area contributed by atoms with Crippen LogP contribution in [0.5, 0.6) is 5.75 Å². The summed E-state index contributed by atoms with van der Waals surface area (Å²) in [7, 11) is 1.52. The van der Waals surface area contributed by atoms with Gasteiger partial charge in [-0.25, -0.2) is 9.18 Å². The molecule has 1 fully saturated rings. The zero-order chi connectivity index (χ0) is 29.9. The molecule has 0 unspecified atom stereocenters. The Bertz CT molecular complexity index is 1750. The van der Waals surface area contributed by atoms with E-state index < -0.39 is 18.0 Å². The van der Waals surface area contributed by atoms with Crippen molar-refractivity contribution >= 4 is 28.6 Å². The van der Waals surface area contributed by atoms with Gasteiger partial charge in [0.25, 0.3) is 5.91 Å². The number of anilines is 1. The Hall–Kier alpha value is -5.31. The number of carbonyl (C=O) groups is 2. The van der Waals surface area contributed by atoms with Crippen molar-refractivity contribution in [1.29, 1.82) is 0 Å². The second-order valence-corrected chi connectivity index (χ2v) is 10.5. The highest BCUT2D eigenvalue weighted by Crippen LogP contribution is 2.33. The Labute approximate surface area is 248 Å². The molecule has 8 nitrogen and oxygen atoms in total. The smallest absolute Gasteiger partial charge is 0.404 e. The number of aromatic amines is 1. The number of hydrogen-bond acceptors (Lipinski definition) is 5. The van der Waals surface area contributed by atoms with Gasteiger partial charge in [0.05, 0.1) is 19.7 Å². The molecule has 1 aliphatic rings. The second kappa shape index (κ2) is 11.9. The molecule has 4 aromatic carbocycles. The quantitative estimate of drug-likeness (QED) is 0.204. The number of methoxy groups -OCH3 is 1. The van der Waals surface area contributed by atoms with Gasteiger partial charge in [-0.1, -0.05) is 42.5 Å². The highest BCUT2D eigenvalue weighted by Gasteiger charge is 2.26. The summed E-state index contributed by atoms with van der Waals surface area (Å²) in [6, 6.07) is 28.7. The van der Waals surface area contributed by atoms with Crippen molar-refractivity contribution in [2.75, 3.05) is 25.1 Å². The number of hydrogen-bond donors (Lipinski definition) is 3. The number of ether oxygens (including phenoxy) is 2. The van der Waals surface area contributed by atoms with Crippen molar-refractivity contribution in [2.45, 2.75) is 18.6 Å². The molecule has 0 saturated carbocycles. The molecule has 1 saturated heterocycles. The minimum atomic E-state index is -0.756. The van der Waals surface area contributed by atoms with Gasteiger partial charge >= 0.3 is 6.09 Å². The van der Waals surface area contributed by atoms with E-state index in [0.29, 0.717) is 29.1 Å². The van der Waals surface area contributed by atoms with Crippen molar-refractivity contribution in [1.82, 2.24) is 10.3 Å². The summed E-state index contributed by atoms with van der Waals surface area (Å²) in [6.45, 7) is 1.35. The molecule has 4 N–H and O–H groups in total. The molecule has 0 radical (unpaired) electrons. The molecule has 5 aromatic rings. The van der Waals surface area contributed by atoms with Gasteiger partial charge in [-0.2, -0.15) is 0 Å². The number of aromatic nitrogens is 1. The number of carbonyl (C=O) groups excluding carboxylic acids is 2. The standard InChI is InChI=1S/C34H31FN4O4/c1-42-31-14-11-25(35)19-28(31)32(30-18-23-5-2-3-8-29(23)37-30)38-33(40)24-7-4-6-22(17-24)21-9-12-26(13-10-21)39-16-15-27(20-39)43-34(36)41/h2-14,17-19,27,32,37H,15-16,20H2,1H3,(H2,36,41)(H,38,40)/t27-,32+/m0/s1. The van der Waals surface area contributed by atoms with Gasteiger partial charge in [0, 0.05) is 41.0 Å². The maximum Gasteiger partial charge on any atom is 0.404 e. The fourth-order valence-electron chi connectivity index (χ4n) is 5.65. The van der Waals surface area contributed by atoms with E-state index in [1.807, 2.05) is 72.8 Å². The molecule has 2 atom stereocenters. The minimum Gasteiger partial charge on any atom is -0.496 e. The lowest BCUT2D eigenvalue weighted by Crippen LogP contribution is -2.30. The first kappa shape index (κ1) is 27.8. The van der Waals surface area contributed by atoms with Crippen LogP contribution in [0.25, 0.3) is 22.0 Å². The average Bonchev–Trinajstić information content (AvgIpc) is 3.67. The molecule has 9 heteroatoms. The van der Waals surface area contributed by atoms with Gasteiger partial charge in [0.15, 0.2) is 0 Å². The first-order valence-electron chi connectivity index (χ1n) is 14.0. The monoisotopic (exact) mass is 578 g/mol. The summed E-state index contributed by atoms with van der Waals surface area (Å²) in [5.41, 5.74) is 10.6. The van der Waals surface area contributed by atoms with Crippen LogP contribution in [0, 0.1) is 5.82 Å². The van der Waals surface area contributed by atoms with Gasteiger partial charge in [0.2, 0.25) is 0 Å². The normalized spacial score (nSPS) is 15.3. The zero-order valence-corrected chi connectivity index (χ0v) is 23.5. The zero-order valence-electron chi connectivity index (χ0n) is 23.5. The van der Waals surface area contributed by atoms with E-state index in [2.05, 4.69) is 15.2 Å². The Kier molecular flexibility index (Phi) is 7.70. The van der Waals surface area contributed by atoms with E-state index >= 15 is 0 Å². The molecule has 0 spiro atoms. The highest BCUT2D eigenvalue weighted by atomic mass is 19.1. The van der Waals surface area contributed by atoms with Crippen molar-refractivity contribution in [3.8, 4) is 16.9 Å². The van der Waals surface area contributed by atoms with Gasteiger partial charge in [-0.3, -0.25) is 4.79 Å². The molecule has 6 rings (SSSR count). The highest BCUT2D eigenvalue weighted by molar-refractivity contribution is 5.96. The third-order valence-electron chi connectivity index (χ3n) is 7.76. The summed E-state index contributed by atoms with van der Waals surface area (Å²) in [4.78, 5) is 30.3. The van der Waals surface area contributed by atoms with Gasteiger partial charge in [-0.05, 0) is 71.1 Å². The first-order chi connectivity index (χ1) is 20.9. The lowest BCUT2D eigenvalue weighted by atomic mass is 10.00. The van der Waals surface area contributed by atoms with Crippen LogP contribution in [0.1, 0.15) is 34.1 Å². The third kappa shape index (κ3) is 6.01. The van der Waals surface area contributed by atoms with Crippen molar-refractivity contribution < 1.29 is 23.5 Å². The number of amides is 2. The third-order valence-corrected chi connectivity index (χ3v) is 7.76. The van der Waals surface area contributed by atoms with Crippen LogP contribution in [-0.4, -0.2) is 43.3 Å². The largest absolute Gasteiger partial charge is 0.496 e. The molecule has 1 aliphatic heterocycles. The SMILES string of the molecule is COc1ccc(F)cc1[C@@H](NC(=O)c1cccc(-c2ccc(N3CC[C@H](OC(N)=O)C3)cc2)c1)c1cc2ccccc2[nH]1. The van der Waals surface area contributed by atoms with Crippen molar-refractivity contribution in [3.63, 3.8) is 0 Å². The van der Waals surface area contributed by atoms with E-state index in [1.165, 1.54) is 19.2 Å². The van der Waals surface area contributed by atoms with Gasteiger partial charge in [0.1, 0.15) is 17.7 Å². The molecule has 0 bridgehead atoms. The number of para-hydroxylation sites is 1. The fraction of sp³-hybridized carbons (Fsp3) is 0.176. The minimum absolute atomic E-state index is 0.215. The summed E-state index contributed by atoms with van der Waals surface area (Å²) in [5.74, 6) is -0.280. The molecular weight excluding hydrogens is 547 g/mol. The lowest BCUT2D eigenvalue weighted by Gasteiger charge is -2.21. The molecule has 2 heterocycles. The van der Waals surface area contributed by atoms with Gasteiger partial charge in [-0.15, -0.1) is 0 Å². The van der Waals surface area contributed by atoms with Crippen LogP contribution in [0.15, 0.2) is 97.1 Å². The van der Waals surface area contributed by atoms with Crippen LogP contribution in [0.3, 0.4) is 0 Å². The van der Waals surface area contributed by atoms with Crippen LogP contribution >= 0.6 is 0 Å². The summed E-state index contributed by atoms with van der Waals surface area (Å²) < 4.78 is 25.1. The second-order valence-electron chi connectivity index (χ2n) is 10.5. The van der Waals surface area contributed by atoms with Crippen LogP contribution in [0.4, 0.5) is 14.9 Å². The number of H-pyrrole nitrogens is 1. The summed E-state index contributed by atoms with van der Waals surface area (Å²) >= 11 is 0. The van der Waals surface area contributed by atoms with Crippen LogP contribution in [0.2, 0.25) is 0 Å². The van der Waals surface area contributed by atoms with Crippen LogP contribution in [-0.2, 0) is 4.74 Å². The van der Waals surface area contributed by atoms with Crippen LogP contribution < -0.4 is 20.7 Å². The predicted molar refractivity (Wildman–Crippen MR) is 164 cm³/mol. The first-order valence-corrected chi connectivity index (χ1v) is 14.0. The number of halogens is 1. The summed E-state index contributed by atoms with van der Waals surface area (Å²) in [6.07, 6.45) is -0.246. The Balaban J connectivity index is 1.25. The number of fused-ring (bicyclic) bond motifs is 1. The maximum atomic E-state index is 14.5. The molecule has 43 heavy (non-hydrogen) atoms. The lowest BCUT2D eigenvalue weighted by molar-refractivity contribution is 0.0941. The molecule has 2 amide bonds. The predicted octanol–water partition coefficient (Wildman–Crippen LogP) is 6.18. The number of nitrogens with two attached hydrogens (primary N) is 1. The van der Waals surface area contributed by atoms with E-state index in [0.717, 1.165) is 40.7 Å². The van der Waals surface area contributed by atoms with E-state index in [1.54, 1.807) is 12.1 Å². The van der Waals surface area contributed by atoms with E-state index in [-0.39, 0.29) is 12.0 Å². The molecule has 1 aromatic heterocycles. The molecule has 218 valence electrons. The number of nitrogens with zero attached hydrogens (tertiary/aromatic N) is 1. The Morgan fingerprint density at radius 1 is 0.977 bits per heavy atom. The van der Waals surface area contributed by atoms with E-state index in [9.17, 15) is 14.0 Å². The topological polar surface area (TPSA) is 110 Å². The Morgan fingerprint density at radius 3 is 2.56 bits per heavy atom. The number of rotatable bonds is 8. The van der Waals surface area contributed by atoms with Crippen molar-refractivity contribution in [3.05, 3.63) is 120 Å². The molecular formula is C34H31FN4O4. The number of nitrogens with one attached hydrogen (secondary N) is 2. The average molecular weight is 579 g/mol. The Morgan fingerprint density at radius 2 is 1.79 bits per heavy atom. The fourth-order valence-corrected chi connectivity index (χ4v) is 5.65. The molecule has 0 aliphatic carbocycles. The summed E-state index contributed by atoms with van der Waals surface area (Å²) in [5, 5.41) is 4.08. The van der Waals surface area contributed by atoms with E-state index in [4.69, 9.17) is 15.2 Å². The number of primary amides is 1. The van der Waals surface area contributed by atoms with Crippen molar-refractivity contribution in [2.24, 2.45) is 5.73 Å². The number of benzene rings is 4.